The van der Waals surface area contributed by atoms with Crippen molar-refractivity contribution < 1.29 is 35.4 Å². The summed E-state index contributed by atoms with van der Waals surface area (Å²) in [5.41, 5.74) is 0. The van der Waals surface area contributed by atoms with Crippen LogP contribution in [-0.4, -0.2) is 58.7 Å². The van der Waals surface area contributed by atoms with Gasteiger partial charge in [-0.05, 0) is 89.3 Å². The minimum Gasteiger partial charge on any atom is -0.510 e. The number of benzene rings is 4. The molecule has 12 heteroatoms. The van der Waals surface area contributed by atoms with Crippen LogP contribution in [-0.2, 0) is 17.7 Å². The molecule has 0 bridgehead atoms. The first-order valence-electron chi connectivity index (χ1n) is 16.6. The van der Waals surface area contributed by atoms with Gasteiger partial charge in [-0.15, -0.1) is 0 Å². The SMILES string of the molecule is CCO[Si](C)(OCC)[Si](C)(OCC)OCC.C[Si](Oc1ccccc1)(Oc1ccccc1)[Si](C)(Oc1ccccc1)Oc1ccccc1. The lowest BCUT2D eigenvalue weighted by Gasteiger charge is -2.39. The molecule has 8 nitrogen and oxygen atoms in total. The van der Waals surface area contributed by atoms with Crippen molar-refractivity contribution in [2.45, 2.75) is 53.9 Å². The van der Waals surface area contributed by atoms with E-state index in [0.717, 1.165) is 23.0 Å². The summed E-state index contributed by atoms with van der Waals surface area (Å²) in [6.07, 6.45) is 0. The Morgan fingerprint density at radius 2 is 0.500 bits per heavy atom. The van der Waals surface area contributed by atoms with Gasteiger partial charge in [0.15, 0.2) is 0 Å². The minimum absolute atomic E-state index is 0.644. The zero-order valence-corrected chi connectivity index (χ0v) is 33.6. The molecule has 4 aromatic rings. The van der Waals surface area contributed by atoms with Gasteiger partial charge in [0, 0.05) is 39.5 Å². The monoisotopic (exact) mass is 724 g/mol. The topological polar surface area (TPSA) is 73.8 Å². The van der Waals surface area contributed by atoms with Crippen molar-refractivity contribution in [1.29, 1.82) is 0 Å². The molecule has 4 rings (SSSR count). The fourth-order valence-corrected chi connectivity index (χ4v) is 20.1. The molecule has 0 atom stereocenters. The first-order chi connectivity index (χ1) is 23.1. The van der Waals surface area contributed by atoms with Crippen LogP contribution in [0.1, 0.15) is 27.7 Å². The van der Waals surface area contributed by atoms with Crippen molar-refractivity contribution in [1.82, 2.24) is 0 Å². The highest BCUT2D eigenvalue weighted by Crippen LogP contribution is 2.32. The molecule has 0 aliphatic heterocycles. The smallest absolute Gasteiger partial charge is 0.510 e. The van der Waals surface area contributed by atoms with Crippen molar-refractivity contribution in [3.63, 3.8) is 0 Å². The zero-order chi connectivity index (χ0) is 34.9. The highest BCUT2D eigenvalue weighted by Gasteiger charge is 2.67. The number of rotatable bonds is 18. The Bertz CT molecular complexity index is 1230. The third kappa shape index (κ3) is 10.9. The van der Waals surface area contributed by atoms with Gasteiger partial charge in [-0.3, -0.25) is 0 Å². The summed E-state index contributed by atoms with van der Waals surface area (Å²) >= 11 is 0. The van der Waals surface area contributed by atoms with Gasteiger partial charge < -0.3 is 35.4 Å². The third-order valence-electron chi connectivity index (χ3n) is 7.55. The van der Waals surface area contributed by atoms with Gasteiger partial charge in [-0.2, -0.15) is 0 Å². The molecule has 4 aromatic carbocycles. The van der Waals surface area contributed by atoms with Crippen LogP contribution in [0, 0.1) is 0 Å². The van der Waals surface area contributed by atoms with E-state index in [0.29, 0.717) is 26.4 Å². The molecule has 0 saturated heterocycles. The predicted molar refractivity (Wildman–Crippen MR) is 201 cm³/mol. The Labute approximate surface area is 291 Å². The van der Waals surface area contributed by atoms with E-state index >= 15 is 0 Å². The van der Waals surface area contributed by atoms with Crippen molar-refractivity contribution in [3.8, 4) is 23.0 Å². The lowest BCUT2D eigenvalue weighted by Crippen LogP contribution is -2.74. The van der Waals surface area contributed by atoms with E-state index < -0.39 is 32.3 Å². The lowest BCUT2D eigenvalue weighted by molar-refractivity contribution is 0.151. The predicted octanol–water partition coefficient (Wildman–Crippen LogP) is 8.88. The van der Waals surface area contributed by atoms with Gasteiger partial charge in [0.05, 0.1) is 0 Å². The molecule has 0 spiro atoms. The van der Waals surface area contributed by atoms with Crippen LogP contribution in [0.4, 0.5) is 0 Å². The largest absolute Gasteiger partial charge is 0.528 e. The average Bonchev–Trinajstić information content (AvgIpc) is 3.07. The fraction of sp³-hybridized carbons (Fsp3) is 0.333. The molecule has 0 radical (unpaired) electrons. The standard InChI is InChI=1S/C26H26O4Si2.C10H26O4Si2/c1-31(27-23-15-7-3-8-16-23,28-24-17-9-4-10-18-24)32(2,29-25-19-11-5-12-20-25)30-26-21-13-6-14-22-26;1-7-11-15(5,12-8-2)16(6,13-9-3)14-10-4/h3-22H,1-2H3;7-10H2,1-6H3. The molecule has 0 fully saturated rings. The van der Waals surface area contributed by atoms with Crippen LogP contribution < -0.4 is 17.7 Å². The minimum atomic E-state index is -3.16. The first-order valence-corrected chi connectivity index (χ1v) is 27.8. The Morgan fingerprint density at radius 3 is 0.667 bits per heavy atom. The maximum absolute atomic E-state index is 6.64. The molecule has 260 valence electrons. The fourth-order valence-electron chi connectivity index (χ4n) is 4.98. The Kier molecular flexibility index (Phi) is 15.6. The highest BCUT2D eigenvalue weighted by molar-refractivity contribution is 7.32. The number of para-hydroxylation sites is 4. The molecule has 0 aromatic heterocycles. The molecular formula is C36H52O8Si4. The normalized spacial score (nSPS) is 12.0. The second-order valence-corrected chi connectivity index (χ2v) is 31.6. The van der Waals surface area contributed by atoms with Crippen molar-refractivity contribution >= 4 is 32.3 Å². The van der Waals surface area contributed by atoms with Gasteiger partial charge in [0.1, 0.15) is 23.0 Å². The summed E-state index contributed by atoms with van der Waals surface area (Å²) in [7, 11) is -11.0. The summed E-state index contributed by atoms with van der Waals surface area (Å²) in [5, 5.41) is 0. The van der Waals surface area contributed by atoms with Gasteiger partial charge in [-0.1, -0.05) is 72.8 Å². The molecule has 48 heavy (non-hydrogen) atoms. The summed E-state index contributed by atoms with van der Waals surface area (Å²) in [6, 6.07) is 38.8. The van der Waals surface area contributed by atoms with Gasteiger partial charge in [-0.25, -0.2) is 0 Å². The third-order valence-corrected chi connectivity index (χ3v) is 29.6. The van der Waals surface area contributed by atoms with E-state index in [2.05, 4.69) is 13.1 Å². The molecule has 0 N–H and O–H groups in total. The van der Waals surface area contributed by atoms with Crippen molar-refractivity contribution in [2.75, 3.05) is 26.4 Å². The van der Waals surface area contributed by atoms with Crippen LogP contribution >= 0.6 is 0 Å². The maximum atomic E-state index is 6.64. The van der Waals surface area contributed by atoms with Crippen LogP contribution in [0.15, 0.2) is 121 Å². The second-order valence-electron chi connectivity index (χ2n) is 11.2. The molecule has 0 amide bonds. The summed E-state index contributed by atoms with van der Waals surface area (Å²) < 4.78 is 50.0. The van der Waals surface area contributed by atoms with E-state index in [9.17, 15) is 0 Å². The maximum Gasteiger partial charge on any atom is 0.528 e. The van der Waals surface area contributed by atoms with Crippen LogP contribution in [0.5, 0.6) is 23.0 Å². The average molecular weight is 725 g/mol. The van der Waals surface area contributed by atoms with E-state index in [4.69, 9.17) is 35.4 Å². The van der Waals surface area contributed by atoms with Gasteiger partial charge in [0.2, 0.25) is 0 Å². The number of hydrogen-bond donors (Lipinski definition) is 0. The van der Waals surface area contributed by atoms with E-state index in [1.54, 1.807) is 0 Å². The van der Waals surface area contributed by atoms with Crippen molar-refractivity contribution in [2.24, 2.45) is 0 Å². The van der Waals surface area contributed by atoms with Crippen LogP contribution in [0.25, 0.3) is 0 Å². The molecule has 0 heterocycles. The highest BCUT2D eigenvalue weighted by atomic mass is 29.3. The lowest BCUT2D eigenvalue weighted by atomic mass is 10.3. The molecular weight excluding hydrogens is 673 g/mol. The summed E-state index contributed by atoms with van der Waals surface area (Å²) in [5.74, 6) is 2.91. The molecule has 0 unspecified atom stereocenters. The Balaban J connectivity index is 0.000000332. The Hall–Kier alpha value is -3.21. The van der Waals surface area contributed by atoms with Crippen LogP contribution in [0.2, 0.25) is 26.2 Å². The van der Waals surface area contributed by atoms with Crippen LogP contribution in [0.3, 0.4) is 0 Å². The molecule has 0 aliphatic carbocycles. The quantitative estimate of drug-likeness (QED) is 0.0943. The van der Waals surface area contributed by atoms with Gasteiger partial charge in [0.25, 0.3) is 0 Å². The summed E-state index contributed by atoms with van der Waals surface area (Å²) in [6.45, 7) is 18.7. The summed E-state index contributed by atoms with van der Waals surface area (Å²) in [4.78, 5) is 0. The first kappa shape index (κ1) is 39.2. The van der Waals surface area contributed by atoms with E-state index in [1.165, 1.54) is 0 Å². The van der Waals surface area contributed by atoms with Gasteiger partial charge >= 0.3 is 32.3 Å². The molecule has 0 aliphatic rings. The zero-order valence-electron chi connectivity index (χ0n) is 29.6. The van der Waals surface area contributed by atoms with E-state index in [1.807, 2.05) is 162 Å². The van der Waals surface area contributed by atoms with Crippen molar-refractivity contribution in [3.05, 3.63) is 121 Å². The van der Waals surface area contributed by atoms with E-state index in [-0.39, 0.29) is 0 Å². The number of hydrogen-bond acceptors (Lipinski definition) is 8. The second kappa shape index (κ2) is 19.1. The molecule has 0 saturated carbocycles. The Morgan fingerprint density at radius 1 is 0.312 bits per heavy atom.